The number of nitrogens with one attached hydrogen (secondary N) is 1. The van der Waals surface area contributed by atoms with Gasteiger partial charge in [0.05, 0.1) is 25.7 Å². The largest absolute Gasteiger partial charge is 0.469 e. The summed E-state index contributed by atoms with van der Waals surface area (Å²) >= 11 is 0. The van der Waals surface area contributed by atoms with Gasteiger partial charge in [-0.05, 0) is 18.2 Å². The fraction of sp³-hybridized carbons (Fsp3) is 0.333. The van der Waals surface area contributed by atoms with Crippen LogP contribution in [0.5, 0.6) is 0 Å². The number of aliphatic hydroxyl groups excluding tert-OH is 1. The van der Waals surface area contributed by atoms with Crippen LogP contribution >= 0.6 is 0 Å². The smallest absolute Gasteiger partial charge is 0.307 e. The van der Waals surface area contributed by atoms with Crippen LogP contribution in [0.2, 0.25) is 0 Å². The molecule has 0 aromatic heterocycles. The Kier molecular flexibility index (Phi) is 6.92. The Hall–Kier alpha value is -2.39. The zero-order chi connectivity index (χ0) is 15.7. The van der Waals surface area contributed by atoms with Crippen molar-refractivity contribution in [2.45, 2.75) is 12.8 Å². The van der Waals surface area contributed by atoms with Crippen LogP contribution in [-0.2, 0) is 9.53 Å². The fourth-order valence-electron chi connectivity index (χ4n) is 1.50. The minimum atomic E-state index is -0.555. The van der Waals surface area contributed by atoms with Gasteiger partial charge in [0, 0.05) is 18.5 Å². The van der Waals surface area contributed by atoms with Crippen molar-refractivity contribution < 1.29 is 23.8 Å². The molecular formula is C15H16FNO4. The fourth-order valence-corrected chi connectivity index (χ4v) is 1.50. The second kappa shape index (κ2) is 8.72. The first-order valence-electron chi connectivity index (χ1n) is 6.32. The number of halogens is 1. The van der Waals surface area contributed by atoms with E-state index in [0.717, 1.165) is 6.07 Å². The van der Waals surface area contributed by atoms with Crippen molar-refractivity contribution in [3.63, 3.8) is 0 Å². The van der Waals surface area contributed by atoms with Crippen LogP contribution in [0.3, 0.4) is 0 Å². The average Bonchev–Trinajstić information content (AvgIpc) is 2.48. The SMILES string of the molecule is COC(=O)CCNC(=O)c1cc(F)ccc1C#CCCO. The van der Waals surface area contributed by atoms with Crippen molar-refractivity contribution in [1.29, 1.82) is 0 Å². The molecule has 0 atom stereocenters. The van der Waals surface area contributed by atoms with Gasteiger partial charge in [-0.3, -0.25) is 9.59 Å². The highest BCUT2D eigenvalue weighted by atomic mass is 19.1. The van der Waals surface area contributed by atoms with Crippen molar-refractivity contribution >= 4 is 11.9 Å². The van der Waals surface area contributed by atoms with E-state index in [1.165, 1.54) is 19.2 Å². The molecule has 0 heterocycles. The highest BCUT2D eigenvalue weighted by Crippen LogP contribution is 2.10. The van der Waals surface area contributed by atoms with Gasteiger partial charge in [-0.25, -0.2) is 4.39 Å². The average molecular weight is 293 g/mol. The molecule has 6 heteroatoms. The molecule has 0 aliphatic carbocycles. The Morgan fingerprint density at radius 3 is 2.86 bits per heavy atom. The first-order valence-corrected chi connectivity index (χ1v) is 6.32. The van der Waals surface area contributed by atoms with Gasteiger partial charge in [0.1, 0.15) is 5.82 Å². The second-order valence-corrected chi connectivity index (χ2v) is 4.05. The molecule has 5 nitrogen and oxygen atoms in total. The van der Waals surface area contributed by atoms with Crippen LogP contribution < -0.4 is 5.32 Å². The first kappa shape index (κ1) is 16.7. The maximum atomic E-state index is 13.3. The number of methoxy groups -OCH3 is 1. The van der Waals surface area contributed by atoms with Crippen LogP contribution in [-0.4, -0.2) is 37.2 Å². The number of carbonyl (C=O) groups is 2. The minimum Gasteiger partial charge on any atom is -0.469 e. The molecule has 0 bridgehead atoms. The molecule has 1 aromatic rings. The summed E-state index contributed by atoms with van der Waals surface area (Å²) in [7, 11) is 1.26. The molecule has 0 spiro atoms. The van der Waals surface area contributed by atoms with Gasteiger partial charge in [-0.15, -0.1) is 0 Å². The molecule has 2 N–H and O–H groups in total. The number of hydrogen-bond donors (Lipinski definition) is 2. The lowest BCUT2D eigenvalue weighted by atomic mass is 10.1. The lowest BCUT2D eigenvalue weighted by Crippen LogP contribution is -2.27. The molecule has 112 valence electrons. The maximum absolute atomic E-state index is 13.3. The molecule has 0 saturated carbocycles. The van der Waals surface area contributed by atoms with E-state index in [4.69, 9.17) is 5.11 Å². The summed E-state index contributed by atoms with van der Waals surface area (Å²) in [6, 6.07) is 3.68. The molecule has 0 fully saturated rings. The van der Waals surface area contributed by atoms with Crippen LogP contribution in [0.25, 0.3) is 0 Å². The van der Waals surface area contributed by atoms with Gasteiger partial charge in [-0.2, -0.15) is 0 Å². The van der Waals surface area contributed by atoms with E-state index in [1.54, 1.807) is 0 Å². The van der Waals surface area contributed by atoms with E-state index in [1.807, 2.05) is 0 Å². The van der Waals surface area contributed by atoms with Gasteiger partial charge in [0.2, 0.25) is 0 Å². The summed E-state index contributed by atoms with van der Waals surface area (Å²) in [5.74, 6) is 3.85. The molecule has 0 radical (unpaired) electrons. The van der Waals surface area contributed by atoms with Crippen LogP contribution in [0, 0.1) is 17.7 Å². The molecule has 0 aliphatic rings. The highest BCUT2D eigenvalue weighted by Gasteiger charge is 2.12. The van der Waals surface area contributed by atoms with E-state index in [0.29, 0.717) is 5.56 Å². The highest BCUT2D eigenvalue weighted by molar-refractivity contribution is 5.96. The zero-order valence-corrected chi connectivity index (χ0v) is 11.6. The normalized spacial score (nSPS) is 9.48. The Balaban J connectivity index is 2.80. The summed E-state index contributed by atoms with van der Waals surface area (Å²) in [4.78, 5) is 22.9. The van der Waals surface area contributed by atoms with E-state index >= 15 is 0 Å². The second-order valence-electron chi connectivity index (χ2n) is 4.05. The van der Waals surface area contributed by atoms with Crippen molar-refractivity contribution in [3.05, 3.63) is 35.1 Å². The number of esters is 1. The van der Waals surface area contributed by atoms with Gasteiger partial charge >= 0.3 is 5.97 Å². The van der Waals surface area contributed by atoms with Crippen molar-refractivity contribution in [3.8, 4) is 11.8 Å². The predicted octanol–water partition coefficient (Wildman–Crippen LogP) is 0.853. The molecule has 0 aliphatic heterocycles. The van der Waals surface area contributed by atoms with E-state index in [-0.39, 0.29) is 31.6 Å². The number of amides is 1. The van der Waals surface area contributed by atoms with Crippen LogP contribution in [0.1, 0.15) is 28.8 Å². The van der Waals surface area contributed by atoms with Gasteiger partial charge in [0.15, 0.2) is 0 Å². The third kappa shape index (κ3) is 5.63. The van der Waals surface area contributed by atoms with Crippen LogP contribution in [0.15, 0.2) is 18.2 Å². The Labute approximate surface area is 122 Å². The number of carbonyl (C=O) groups excluding carboxylic acids is 2. The maximum Gasteiger partial charge on any atom is 0.307 e. The molecule has 0 saturated heterocycles. The summed E-state index contributed by atoms with van der Waals surface area (Å²) in [6.07, 6.45) is 0.295. The number of benzene rings is 1. The lowest BCUT2D eigenvalue weighted by Gasteiger charge is -2.06. The molecule has 21 heavy (non-hydrogen) atoms. The quantitative estimate of drug-likeness (QED) is 0.623. The van der Waals surface area contributed by atoms with Gasteiger partial charge < -0.3 is 15.2 Å². The number of rotatable bonds is 5. The predicted molar refractivity (Wildman–Crippen MR) is 73.9 cm³/mol. The molecular weight excluding hydrogens is 277 g/mol. The van der Waals surface area contributed by atoms with Crippen molar-refractivity contribution in [2.24, 2.45) is 0 Å². The van der Waals surface area contributed by atoms with E-state index in [2.05, 4.69) is 21.9 Å². The molecule has 1 rings (SSSR count). The Morgan fingerprint density at radius 1 is 1.43 bits per heavy atom. The van der Waals surface area contributed by atoms with Crippen molar-refractivity contribution in [2.75, 3.05) is 20.3 Å². The zero-order valence-electron chi connectivity index (χ0n) is 11.6. The van der Waals surface area contributed by atoms with Gasteiger partial charge in [0.25, 0.3) is 5.91 Å². The minimum absolute atomic E-state index is 0.0308. The number of hydrogen-bond acceptors (Lipinski definition) is 4. The Bertz CT molecular complexity index is 575. The number of ether oxygens (including phenoxy) is 1. The molecule has 1 aromatic carbocycles. The van der Waals surface area contributed by atoms with Crippen molar-refractivity contribution in [1.82, 2.24) is 5.32 Å². The lowest BCUT2D eigenvalue weighted by molar-refractivity contribution is -0.140. The van der Waals surface area contributed by atoms with E-state index in [9.17, 15) is 14.0 Å². The summed E-state index contributed by atoms with van der Waals surface area (Å²) in [5, 5.41) is 11.2. The van der Waals surface area contributed by atoms with E-state index < -0.39 is 17.7 Å². The monoisotopic (exact) mass is 293 g/mol. The topological polar surface area (TPSA) is 75.6 Å². The number of aliphatic hydroxyl groups is 1. The van der Waals surface area contributed by atoms with Gasteiger partial charge in [-0.1, -0.05) is 11.8 Å². The summed E-state index contributed by atoms with van der Waals surface area (Å²) in [5.41, 5.74) is 0.450. The Morgan fingerprint density at radius 2 is 2.19 bits per heavy atom. The molecule has 1 amide bonds. The third-order valence-corrected chi connectivity index (χ3v) is 2.53. The summed E-state index contributed by atoms with van der Waals surface area (Å²) in [6.45, 7) is 0.000379. The van der Waals surface area contributed by atoms with Crippen LogP contribution in [0.4, 0.5) is 4.39 Å². The third-order valence-electron chi connectivity index (χ3n) is 2.53. The summed E-state index contributed by atoms with van der Waals surface area (Å²) < 4.78 is 17.7. The molecule has 0 unspecified atom stereocenters. The first-order chi connectivity index (χ1) is 10.1. The standard InChI is InChI=1S/C15H16FNO4/c1-21-14(19)7-8-17-15(20)13-10-12(16)6-5-11(13)4-2-3-9-18/h5-6,10,18H,3,7-9H2,1H3,(H,17,20).